The molecule has 0 aliphatic rings. The zero-order valence-electron chi connectivity index (χ0n) is 9.87. The molecule has 0 aromatic heterocycles. The van der Waals surface area contributed by atoms with Crippen LogP contribution in [0.1, 0.15) is 36.7 Å². The molecule has 0 atom stereocenters. The third-order valence-corrected chi connectivity index (χ3v) is 1.99. The van der Waals surface area contributed by atoms with E-state index in [0.717, 1.165) is 5.56 Å². The molecular weight excluding hydrogens is 200 g/mol. The van der Waals surface area contributed by atoms with Gasteiger partial charge in [0.05, 0.1) is 12.5 Å². The lowest BCUT2D eigenvalue weighted by Gasteiger charge is -2.20. The van der Waals surface area contributed by atoms with Crippen LogP contribution in [0.2, 0.25) is 0 Å². The topological polar surface area (TPSA) is 52.9 Å². The molecule has 0 spiro atoms. The van der Waals surface area contributed by atoms with Gasteiger partial charge in [-0.05, 0) is 38.5 Å². The quantitative estimate of drug-likeness (QED) is 0.824. The first-order valence-electron chi connectivity index (χ1n) is 5.21. The molecule has 1 amide bonds. The highest BCUT2D eigenvalue weighted by atomic mass is 16.1. The molecule has 1 aromatic rings. The fourth-order valence-electron chi connectivity index (χ4n) is 1.28. The number of nitriles is 1. The molecule has 1 N–H and O–H groups in total. The van der Waals surface area contributed by atoms with Gasteiger partial charge < -0.3 is 5.32 Å². The lowest BCUT2D eigenvalue weighted by molar-refractivity contribution is 0.0919. The van der Waals surface area contributed by atoms with E-state index < -0.39 is 0 Å². The number of carbonyl (C=O) groups is 1. The fraction of sp³-hybridized carbons (Fsp3) is 0.385. The predicted molar refractivity (Wildman–Crippen MR) is 63.0 cm³/mol. The highest BCUT2D eigenvalue weighted by Crippen LogP contribution is 2.07. The smallest absolute Gasteiger partial charge is 0.251 e. The monoisotopic (exact) mass is 216 g/mol. The number of nitrogens with zero attached hydrogens (tertiary/aromatic N) is 1. The molecule has 16 heavy (non-hydrogen) atoms. The number of carbonyl (C=O) groups excluding carboxylic acids is 1. The molecule has 84 valence electrons. The van der Waals surface area contributed by atoms with Crippen molar-refractivity contribution in [3.8, 4) is 6.07 Å². The van der Waals surface area contributed by atoms with Crippen molar-refractivity contribution in [2.45, 2.75) is 32.7 Å². The summed E-state index contributed by atoms with van der Waals surface area (Å²) in [7, 11) is 0. The van der Waals surface area contributed by atoms with E-state index in [1.807, 2.05) is 20.8 Å². The zero-order chi connectivity index (χ0) is 12.2. The van der Waals surface area contributed by atoms with Crippen molar-refractivity contribution < 1.29 is 4.79 Å². The number of benzene rings is 1. The van der Waals surface area contributed by atoms with E-state index in [2.05, 4.69) is 11.4 Å². The molecule has 0 heterocycles. The average molecular weight is 216 g/mol. The maximum Gasteiger partial charge on any atom is 0.251 e. The van der Waals surface area contributed by atoms with E-state index >= 15 is 0 Å². The van der Waals surface area contributed by atoms with Gasteiger partial charge in [-0.25, -0.2) is 0 Å². The molecule has 0 aliphatic heterocycles. The van der Waals surface area contributed by atoms with Gasteiger partial charge in [0.2, 0.25) is 0 Å². The first-order valence-corrected chi connectivity index (χ1v) is 5.21. The Kier molecular flexibility index (Phi) is 3.68. The number of rotatable bonds is 2. The van der Waals surface area contributed by atoms with Crippen LogP contribution >= 0.6 is 0 Å². The van der Waals surface area contributed by atoms with E-state index in [0.29, 0.717) is 12.0 Å². The average Bonchev–Trinajstić information content (AvgIpc) is 2.16. The summed E-state index contributed by atoms with van der Waals surface area (Å²) in [5.41, 5.74) is 1.31. The number of nitrogens with one attached hydrogen (secondary N) is 1. The van der Waals surface area contributed by atoms with E-state index in [9.17, 15) is 4.79 Å². The highest BCUT2D eigenvalue weighted by Gasteiger charge is 2.14. The third-order valence-electron chi connectivity index (χ3n) is 1.99. The van der Waals surface area contributed by atoms with Gasteiger partial charge in [0.15, 0.2) is 0 Å². The molecule has 1 aromatic carbocycles. The van der Waals surface area contributed by atoms with Crippen LogP contribution in [0.15, 0.2) is 24.3 Å². The van der Waals surface area contributed by atoms with Gasteiger partial charge in [0.25, 0.3) is 5.91 Å². The number of hydrogen-bond donors (Lipinski definition) is 1. The van der Waals surface area contributed by atoms with Crippen LogP contribution in [-0.2, 0) is 6.42 Å². The van der Waals surface area contributed by atoms with Crippen LogP contribution in [0.5, 0.6) is 0 Å². The lowest BCUT2D eigenvalue weighted by atomic mass is 10.1. The van der Waals surface area contributed by atoms with Crippen molar-refractivity contribution in [1.29, 1.82) is 5.26 Å². The molecule has 0 aliphatic carbocycles. The second kappa shape index (κ2) is 4.80. The molecule has 1 rings (SSSR count). The summed E-state index contributed by atoms with van der Waals surface area (Å²) in [5, 5.41) is 11.4. The third kappa shape index (κ3) is 3.74. The molecular formula is C13H16N2O. The summed E-state index contributed by atoms with van der Waals surface area (Å²) in [6.07, 6.45) is 0.376. The second-order valence-corrected chi connectivity index (χ2v) is 4.74. The summed E-state index contributed by atoms with van der Waals surface area (Å²) in [5.74, 6) is -0.0870. The Bertz CT molecular complexity index is 407. The van der Waals surface area contributed by atoms with Crippen LogP contribution in [0.3, 0.4) is 0 Å². The van der Waals surface area contributed by atoms with E-state index in [1.165, 1.54) is 0 Å². The summed E-state index contributed by atoms with van der Waals surface area (Å²) in [6.45, 7) is 5.82. The Hall–Kier alpha value is -1.82. The molecule has 3 heteroatoms. The molecule has 3 nitrogen and oxygen atoms in total. The summed E-state index contributed by atoms with van der Waals surface area (Å²) in [4.78, 5) is 11.8. The van der Waals surface area contributed by atoms with Crippen LogP contribution in [-0.4, -0.2) is 11.4 Å². The molecule has 0 bridgehead atoms. The van der Waals surface area contributed by atoms with Crippen molar-refractivity contribution in [3.05, 3.63) is 35.4 Å². The van der Waals surface area contributed by atoms with Crippen LogP contribution in [0, 0.1) is 11.3 Å². The Morgan fingerprint density at radius 1 is 1.31 bits per heavy atom. The second-order valence-electron chi connectivity index (χ2n) is 4.74. The molecule has 0 unspecified atom stereocenters. The largest absolute Gasteiger partial charge is 0.347 e. The van der Waals surface area contributed by atoms with Gasteiger partial charge >= 0.3 is 0 Å². The first-order chi connectivity index (χ1) is 7.42. The molecule has 0 fully saturated rings. The Morgan fingerprint density at radius 3 is 2.31 bits per heavy atom. The highest BCUT2D eigenvalue weighted by molar-refractivity contribution is 5.94. The van der Waals surface area contributed by atoms with Gasteiger partial charge in [-0.3, -0.25) is 4.79 Å². The molecule has 0 saturated carbocycles. The maximum absolute atomic E-state index is 11.8. The van der Waals surface area contributed by atoms with Crippen LogP contribution < -0.4 is 5.32 Å². The Balaban J connectivity index is 2.75. The molecule has 0 radical (unpaired) electrons. The standard InChI is InChI=1S/C13H16N2O/c1-13(2,3)15-12(16)11-6-4-10(5-7-11)8-9-14/h4-7H,8H2,1-3H3,(H,15,16). The van der Waals surface area contributed by atoms with E-state index in [1.54, 1.807) is 24.3 Å². The zero-order valence-corrected chi connectivity index (χ0v) is 9.87. The SMILES string of the molecule is CC(C)(C)NC(=O)c1ccc(CC#N)cc1. The fourth-order valence-corrected chi connectivity index (χ4v) is 1.28. The normalized spacial score (nSPS) is 10.6. The van der Waals surface area contributed by atoms with Crippen molar-refractivity contribution in [3.63, 3.8) is 0 Å². The van der Waals surface area contributed by atoms with E-state index in [-0.39, 0.29) is 11.4 Å². The van der Waals surface area contributed by atoms with Gasteiger partial charge in [0.1, 0.15) is 0 Å². The van der Waals surface area contributed by atoms with Gasteiger partial charge in [-0.2, -0.15) is 5.26 Å². The van der Waals surface area contributed by atoms with E-state index in [4.69, 9.17) is 5.26 Å². The Morgan fingerprint density at radius 2 is 1.88 bits per heavy atom. The van der Waals surface area contributed by atoms with Gasteiger partial charge in [0, 0.05) is 11.1 Å². The van der Waals surface area contributed by atoms with Crippen molar-refractivity contribution in [1.82, 2.24) is 5.32 Å². The summed E-state index contributed by atoms with van der Waals surface area (Å²) < 4.78 is 0. The minimum absolute atomic E-state index is 0.0870. The minimum atomic E-state index is -0.234. The summed E-state index contributed by atoms with van der Waals surface area (Å²) >= 11 is 0. The predicted octanol–water partition coefficient (Wildman–Crippen LogP) is 2.28. The first kappa shape index (κ1) is 12.3. The number of hydrogen-bond acceptors (Lipinski definition) is 2. The lowest BCUT2D eigenvalue weighted by Crippen LogP contribution is -2.40. The Labute approximate surface area is 96.1 Å². The van der Waals surface area contributed by atoms with Gasteiger partial charge in [-0.1, -0.05) is 12.1 Å². The number of amides is 1. The van der Waals surface area contributed by atoms with Crippen LogP contribution in [0.25, 0.3) is 0 Å². The van der Waals surface area contributed by atoms with Gasteiger partial charge in [-0.15, -0.1) is 0 Å². The summed E-state index contributed by atoms with van der Waals surface area (Å²) in [6, 6.07) is 9.17. The van der Waals surface area contributed by atoms with Crippen molar-refractivity contribution in [2.75, 3.05) is 0 Å². The maximum atomic E-state index is 11.8. The van der Waals surface area contributed by atoms with Crippen LogP contribution in [0.4, 0.5) is 0 Å². The molecule has 0 saturated heterocycles. The van der Waals surface area contributed by atoms with Crippen molar-refractivity contribution >= 4 is 5.91 Å². The minimum Gasteiger partial charge on any atom is -0.347 e. The van der Waals surface area contributed by atoms with Crippen molar-refractivity contribution in [2.24, 2.45) is 0 Å².